The molecule has 0 aliphatic carbocycles. The highest BCUT2D eigenvalue weighted by Gasteiger charge is 1.82. The maximum atomic E-state index is 9.12. The van der Waals surface area contributed by atoms with Crippen molar-refractivity contribution in [3.63, 3.8) is 0 Å². The molecule has 4 nitrogen and oxygen atoms in total. The molecule has 0 aromatic rings. The number of aliphatic hydroxyl groups is 1. The molecule has 0 saturated heterocycles. The summed E-state index contributed by atoms with van der Waals surface area (Å²) >= 11 is 0. The number of ether oxygens (including phenoxy) is 1. The third kappa shape index (κ3) is 28.2. The summed E-state index contributed by atoms with van der Waals surface area (Å²) in [6, 6.07) is 0. The molecule has 0 rings (SSSR count). The Morgan fingerprint density at radius 2 is 2.20 bits per heavy atom. The van der Waals surface area contributed by atoms with Crippen molar-refractivity contribution in [3.8, 4) is 0 Å². The van der Waals surface area contributed by atoms with Gasteiger partial charge in [-0.05, 0) is 6.92 Å². The van der Waals surface area contributed by atoms with E-state index in [9.17, 15) is 0 Å². The van der Waals surface area contributed by atoms with Crippen molar-refractivity contribution < 1.29 is 19.7 Å². The van der Waals surface area contributed by atoms with Gasteiger partial charge in [0.05, 0.1) is 12.9 Å². The minimum absolute atomic E-state index is 0.726. The Balaban J connectivity index is 0. The van der Waals surface area contributed by atoms with Crippen LogP contribution in [0, 0.1) is 0 Å². The molecule has 0 aliphatic rings. The first-order valence-electron chi connectivity index (χ1n) is 2.74. The summed E-state index contributed by atoms with van der Waals surface area (Å²) in [5.41, 5.74) is 0. The summed E-state index contributed by atoms with van der Waals surface area (Å²) in [4.78, 5) is 9.12. The fourth-order valence-corrected chi connectivity index (χ4v) is 0.118. The molecule has 0 aromatic heterocycles. The molecule has 0 saturated carbocycles. The fraction of sp³-hybridized carbons (Fsp3) is 0.500. The summed E-state index contributed by atoms with van der Waals surface area (Å²) in [5, 5.41) is 15.0. The summed E-state index contributed by atoms with van der Waals surface area (Å²) in [7, 11) is 0. The predicted molar refractivity (Wildman–Crippen MR) is 36.5 cm³/mol. The van der Waals surface area contributed by atoms with Gasteiger partial charge in [-0.2, -0.15) is 0 Å². The van der Waals surface area contributed by atoms with E-state index in [1.165, 1.54) is 6.26 Å². The first kappa shape index (κ1) is 11.7. The average Bonchev–Trinajstić information content (AvgIpc) is 1.91. The Morgan fingerprint density at radius 1 is 1.80 bits per heavy atom. The molecule has 4 heteroatoms. The molecule has 0 spiro atoms. The number of carboxylic acids is 1. The molecule has 0 heterocycles. The lowest BCUT2D eigenvalue weighted by molar-refractivity contribution is -0.140. The van der Waals surface area contributed by atoms with Gasteiger partial charge in [-0.1, -0.05) is 6.58 Å². The van der Waals surface area contributed by atoms with Gasteiger partial charge in [0, 0.05) is 0 Å². The van der Waals surface area contributed by atoms with Gasteiger partial charge in [-0.15, -0.1) is 0 Å². The first-order chi connectivity index (χ1) is 4.68. The molecule has 10 heavy (non-hydrogen) atoms. The van der Waals surface area contributed by atoms with Crippen molar-refractivity contribution in [1.82, 2.24) is 0 Å². The van der Waals surface area contributed by atoms with E-state index in [4.69, 9.17) is 15.0 Å². The third-order valence-electron chi connectivity index (χ3n) is 0.420. The Kier molecular flexibility index (Phi) is 12.7. The van der Waals surface area contributed by atoms with Crippen molar-refractivity contribution in [2.75, 3.05) is 13.2 Å². The van der Waals surface area contributed by atoms with E-state index in [1.54, 1.807) is 0 Å². The lowest BCUT2D eigenvalue weighted by Gasteiger charge is -1.84. The van der Waals surface area contributed by atoms with Crippen LogP contribution in [-0.4, -0.2) is 29.4 Å². The van der Waals surface area contributed by atoms with E-state index in [-0.39, 0.29) is 0 Å². The van der Waals surface area contributed by atoms with Gasteiger partial charge >= 0.3 is 5.97 Å². The second kappa shape index (κ2) is 10.9. The monoisotopic (exact) mass is 148 g/mol. The third-order valence-corrected chi connectivity index (χ3v) is 0.420. The average molecular weight is 148 g/mol. The number of hydrogen-bond donors (Lipinski definition) is 2. The highest BCUT2D eigenvalue weighted by atomic mass is 16.5. The van der Waals surface area contributed by atoms with Gasteiger partial charge in [-0.25, -0.2) is 4.79 Å². The number of aliphatic hydroxyl groups excluding tert-OH is 1. The van der Waals surface area contributed by atoms with E-state index in [0.717, 1.165) is 6.61 Å². The molecule has 0 bridgehead atoms. The molecule has 0 aromatic carbocycles. The normalized spacial score (nSPS) is 7.00. The van der Waals surface area contributed by atoms with Gasteiger partial charge in [0.25, 0.3) is 0 Å². The van der Waals surface area contributed by atoms with Crippen LogP contribution in [0.4, 0.5) is 0 Å². The van der Waals surface area contributed by atoms with Gasteiger partial charge < -0.3 is 14.9 Å². The van der Waals surface area contributed by atoms with Gasteiger partial charge in [0.15, 0.2) is 0 Å². The molecule has 0 amide bonds. The highest BCUT2D eigenvalue weighted by molar-refractivity contribution is 5.67. The maximum Gasteiger partial charge on any atom is 0.329 e. The summed E-state index contributed by atoms with van der Waals surface area (Å²) < 4.78 is 4.60. The Bertz CT molecular complexity index is 89.7. The Labute approximate surface area is 59.7 Å². The standard InChI is InChI=1S/C4H8O.C2H4O3/c1-3-5-4-2;3-1-2(4)5/h3H,1,4H2,2H3;3H,1H2,(H,4,5). The van der Waals surface area contributed by atoms with Crippen molar-refractivity contribution in [3.05, 3.63) is 12.8 Å². The Morgan fingerprint density at radius 3 is 2.20 bits per heavy atom. The molecule has 0 unspecified atom stereocenters. The molecule has 0 aliphatic heterocycles. The number of rotatable bonds is 3. The second-order valence-corrected chi connectivity index (χ2v) is 1.17. The summed E-state index contributed by atoms with van der Waals surface area (Å²) in [5.74, 6) is -1.19. The minimum atomic E-state index is -1.19. The number of carbonyl (C=O) groups is 1. The van der Waals surface area contributed by atoms with Crippen molar-refractivity contribution in [2.24, 2.45) is 0 Å². The molecule has 2 N–H and O–H groups in total. The SMILES string of the molecule is C=COCC.O=C(O)CO. The van der Waals surface area contributed by atoms with Crippen LogP contribution >= 0.6 is 0 Å². The van der Waals surface area contributed by atoms with Crippen LogP contribution in [-0.2, 0) is 9.53 Å². The molecule has 60 valence electrons. The van der Waals surface area contributed by atoms with Crippen LogP contribution in [0.2, 0.25) is 0 Å². The Hall–Kier alpha value is -1.03. The molecule has 0 atom stereocenters. The van der Waals surface area contributed by atoms with Crippen molar-refractivity contribution >= 4 is 5.97 Å². The number of hydrogen-bond acceptors (Lipinski definition) is 3. The molecular weight excluding hydrogens is 136 g/mol. The lowest BCUT2D eigenvalue weighted by atomic mass is 10.8. The molecular formula is C6H12O4. The zero-order chi connectivity index (χ0) is 8.41. The van der Waals surface area contributed by atoms with Gasteiger partial charge in [0.1, 0.15) is 6.61 Å². The maximum absolute atomic E-state index is 9.12. The quantitative estimate of drug-likeness (QED) is 0.562. The van der Waals surface area contributed by atoms with Gasteiger partial charge in [-0.3, -0.25) is 0 Å². The van der Waals surface area contributed by atoms with Crippen molar-refractivity contribution in [2.45, 2.75) is 6.92 Å². The van der Waals surface area contributed by atoms with Crippen molar-refractivity contribution in [1.29, 1.82) is 0 Å². The zero-order valence-electron chi connectivity index (χ0n) is 5.91. The molecule has 0 radical (unpaired) electrons. The van der Waals surface area contributed by atoms with E-state index in [2.05, 4.69) is 11.3 Å². The first-order valence-corrected chi connectivity index (χ1v) is 2.74. The summed E-state index contributed by atoms with van der Waals surface area (Å²) in [6.45, 7) is 5.19. The van der Waals surface area contributed by atoms with Crippen LogP contribution in [0.1, 0.15) is 6.92 Å². The summed E-state index contributed by atoms with van der Waals surface area (Å²) in [6.07, 6.45) is 1.43. The smallest absolute Gasteiger partial charge is 0.329 e. The van der Waals surface area contributed by atoms with E-state index in [1.807, 2.05) is 6.92 Å². The lowest BCUT2D eigenvalue weighted by Crippen LogP contribution is -1.98. The van der Waals surface area contributed by atoms with Crippen LogP contribution in [0.25, 0.3) is 0 Å². The largest absolute Gasteiger partial charge is 0.502 e. The highest BCUT2D eigenvalue weighted by Crippen LogP contribution is 1.65. The second-order valence-electron chi connectivity index (χ2n) is 1.17. The van der Waals surface area contributed by atoms with Crippen LogP contribution in [0.15, 0.2) is 12.8 Å². The van der Waals surface area contributed by atoms with E-state index < -0.39 is 12.6 Å². The van der Waals surface area contributed by atoms with Crippen LogP contribution in [0.5, 0.6) is 0 Å². The predicted octanol–water partition coefficient (Wildman–Crippen LogP) is 0.230. The number of carboxylic acid groups (broad SMARTS) is 1. The fourth-order valence-electron chi connectivity index (χ4n) is 0.118. The number of aliphatic carboxylic acids is 1. The zero-order valence-corrected chi connectivity index (χ0v) is 5.91. The van der Waals surface area contributed by atoms with Crippen LogP contribution in [0.3, 0.4) is 0 Å². The van der Waals surface area contributed by atoms with Gasteiger partial charge in [0.2, 0.25) is 0 Å². The van der Waals surface area contributed by atoms with E-state index >= 15 is 0 Å². The topological polar surface area (TPSA) is 66.8 Å². The van der Waals surface area contributed by atoms with E-state index in [0.29, 0.717) is 0 Å². The minimum Gasteiger partial charge on any atom is -0.502 e. The van der Waals surface area contributed by atoms with Crippen LogP contribution < -0.4 is 0 Å². The molecule has 0 fully saturated rings.